The Kier molecular flexibility index (Phi) is 4.79. The highest BCUT2D eigenvalue weighted by Gasteiger charge is 2.06. The average molecular weight is 338 g/mol. The summed E-state index contributed by atoms with van der Waals surface area (Å²) in [4.78, 5) is 8.69. The van der Waals surface area contributed by atoms with E-state index in [1.165, 1.54) is 0 Å². The van der Waals surface area contributed by atoms with Crippen molar-refractivity contribution in [2.24, 2.45) is 0 Å². The van der Waals surface area contributed by atoms with Crippen LogP contribution in [0.4, 0.5) is 5.82 Å². The maximum Gasteiger partial charge on any atom is 0.168 e. The summed E-state index contributed by atoms with van der Waals surface area (Å²) in [6.45, 7) is 2.23. The Bertz CT molecular complexity index is 605. The molecule has 20 heavy (non-hydrogen) atoms. The van der Waals surface area contributed by atoms with E-state index in [0.29, 0.717) is 12.4 Å². The zero-order valence-electron chi connectivity index (χ0n) is 11.6. The molecule has 0 aliphatic carbocycles. The summed E-state index contributed by atoms with van der Waals surface area (Å²) in [6, 6.07) is 7.42. The molecular formula is C14H16BrN3O2. The highest BCUT2D eigenvalue weighted by atomic mass is 79.9. The number of ether oxygens (including phenoxy) is 2. The van der Waals surface area contributed by atoms with Gasteiger partial charge in [-0.3, -0.25) is 0 Å². The topological polar surface area (TPSA) is 56.3 Å². The average Bonchev–Trinajstić information content (AvgIpc) is 2.45. The molecule has 2 rings (SSSR count). The third-order valence-electron chi connectivity index (χ3n) is 2.65. The van der Waals surface area contributed by atoms with E-state index in [0.717, 1.165) is 27.5 Å². The largest absolute Gasteiger partial charge is 0.497 e. The van der Waals surface area contributed by atoms with Crippen LogP contribution in [0.25, 0.3) is 0 Å². The van der Waals surface area contributed by atoms with Crippen LogP contribution in [0.2, 0.25) is 0 Å². The molecule has 0 radical (unpaired) electrons. The lowest BCUT2D eigenvalue weighted by Crippen LogP contribution is -2.05. The number of benzene rings is 1. The molecule has 2 aromatic rings. The predicted octanol–water partition coefficient (Wildman–Crippen LogP) is 3.18. The third kappa shape index (κ3) is 3.60. The van der Waals surface area contributed by atoms with Gasteiger partial charge in [-0.1, -0.05) is 0 Å². The van der Waals surface area contributed by atoms with E-state index in [9.17, 15) is 0 Å². The zero-order valence-corrected chi connectivity index (χ0v) is 13.2. The van der Waals surface area contributed by atoms with Crippen LogP contribution >= 0.6 is 15.9 Å². The fraction of sp³-hybridized carbons (Fsp3) is 0.286. The summed E-state index contributed by atoms with van der Waals surface area (Å²) in [5.41, 5.74) is 0.900. The van der Waals surface area contributed by atoms with Crippen molar-refractivity contribution in [2.75, 3.05) is 19.5 Å². The first-order chi connectivity index (χ1) is 9.62. The summed E-state index contributed by atoms with van der Waals surface area (Å²) in [7, 11) is 3.45. The maximum atomic E-state index is 5.72. The predicted molar refractivity (Wildman–Crippen MR) is 81.3 cm³/mol. The molecule has 0 atom stereocenters. The van der Waals surface area contributed by atoms with E-state index in [2.05, 4.69) is 31.2 Å². The minimum Gasteiger partial charge on any atom is -0.497 e. The van der Waals surface area contributed by atoms with Crippen LogP contribution in [0.15, 0.2) is 28.7 Å². The number of aryl methyl sites for hydroxylation is 1. The second-order valence-electron chi connectivity index (χ2n) is 4.15. The number of hydrogen-bond donors (Lipinski definition) is 1. The van der Waals surface area contributed by atoms with Gasteiger partial charge in [-0.05, 0) is 41.1 Å². The molecule has 1 aromatic heterocycles. The number of nitrogens with one attached hydrogen (secondary N) is 1. The van der Waals surface area contributed by atoms with Crippen molar-refractivity contribution >= 4 is 21.7 Å². The van der Waals surface area contributed by atoms with Gasteiger partial charge >= 0.3 is 0 Å². The van der Waals surface area contributed by atoms with Crippen molar-refractivity contribution in [2.45, 2.75) is 13.5 Å². The minimum absolute atomic E-state index is 0.307. The lowest BCUT2D eigenvalue weighted by molar-refractivity contribution is 0.293. The Balaban J connectivity index is 2.10. The number of rotatable bonds is 5. The molecule has 1 aromatic carbocycles. The van der Waals surface area contributed by atoms with Gasteiger partial charge in [0.25, 0.3) is 0 Å². The van der Waals surface area contributed by atoms with Gasteiger partial charge in [0.2, 0.25) is 0 Å². The van der Waals surface area contributed by atoms with Crippen LogP contribution in [0, 0.1) is 6.92 Å². The molecule has 1 N–H and O–H groups in total. The molecule has 0 spiro atoms. The van der Waals surface area contributed by atoms with Crippen molar-refractivity contribution in [3.05, 3.63) is 40.3 Å². The molecule has 106 valence electrons. The van der Waals surface area contributed by atoms with E-state index in [1.807, 2.05) is 38.2 Å². The number of aromatic nitrogens is 2. The first-order valence-electron chi connectivity index (χ1n) is 6.11. The van der Waals surface area contributed by atoms with Crippen molar-refractivity contribution in [3.8, 4) is 11.5 Å². The van der Waals surface area contributed by atoms with Crippen LogP contribution in [-0.4, -0.2) is 24.1 Å². The van der Waals surface area contributed by atoms with E-state index >= 15 is 0 Å². The normalized spacial score (nSPS) is 10.2. The van der Waals surface area contributed by atoms with Crippen molar-refractivity contribution in [1.29, 1.82) is 0 Å². The lowest BCUT2D eigenvalue weighted by atomic mass is 10.3. The second kappa shape index (κ2) is 6.56. The van der Waals surface area contributed by atoms with Gasteiger partial charge in [0.15, 0.2) is 5.82 Å². The first-order valence-corrected chi connectivity index (χ1v) is 6.90. The SMILES string of the molecule is CNc1cc(C)nc(COc2ccc(OC)cc2Br)n1. The molecule has 0 amide bonds. The fourth-order valence-corrected chi connectivity index (χ4v) is 2.16. The quantitative estimate of drug-likeness (QED) is 0.907. The molecule has 0 saturated carbocycles. The molecule has 5 nitrogen and oxygen atoms in total. The summed E-state index contributed by atoms with van der Waals surface area (Å²) >= 11 is 3.45. The summed E-state index contributed by atoms with van der Waals surface area (Å²) < 4.78 is 11.7. The van der Waals surface area contributed by atoms with Gasteiger partial charge in [-0.2, -0.15) is 0 Å². The zero-order chi connectivity index (χ0) is 14.5. The third-order valence-corrected chi connectivity index (χ3v) is 3.27. The molecule has 0 aliphatic heterocycles. The monoisotopic (exact) mass is 337 g/mol. The smallest absolute Gasteiger partial charge is 0.168 e. The highest BCUT2D eigenvalue weighted by molar-refractivity contribution is 9.10. The number of methoxy groups -OCH3 is 1. The number of nitrogens with zero attached hydrogens (tertiary/aromatic N) is 2. The minimum atomic E-state index is 0.307. The molecule has 0 saturated heterocycles. The van der Waals surface area contributed by atoms with Crippen LogP contribution in [0.3, 0.4) is 0 Å². The van der Waals surface area contributed by atoms with Gasteiger partial charge in [0.1, 0.15) is 23.9 Å². The van der Waals surface area contributed by atoms with E-state index < -0.39 is 0 Å². The lowest BCUT2D eigenvalue weighted by Gasteiger charge is -2.10. The van der Waals surface area contributed by atoms with Gasteiger partial charge in [0.05, 0.1) is 11.6 Å². The van der Waals surface area contributed by atoms with Gasteiger partial charge in [0, 0.05) is 18.8 Å². The van der Waals surface area contributed by atoms with E-state index in [4.69, 9.17) is 9.47 Å². The summed E-state index contributed by atoms with van der Waals surface area (Å²) in [5.74, 6) is 2.91. The van der Waals surface area contributed by atoms with Crippen molar-refractivity contribution < 1.29 is 9.47 Å². The van der Waals surface area contributed by atoms with Crippen LogP contribution in [-0.2, 0) is 6.61 Å². The molecule has 0 fully saturated rings. The molecule has 0 aliphatic rings. The van der Waals surface area contributed by atoms with Crippen LogP contribution in [0.5, 0.6) is 11.5 Å². The Morgan fingerprint density at radius 3 is 2.70 bits per heavy atom. The Hall–Kier alpha value is -1.82. The summed E-state index contributed by atoms with van der Waals surface area (Å²) in [5, 5.41) is 3.00. The number of anilines is 1. The molecule has 1 heterocycles. The summed E-state index contributed by atoms with van der Waals surface area (Å²) in [6.07, 6.45) is 0. The molecule has 0 bridgehead atoms. The molecule has 0 unspecified atom stereocenters. The maximum absolute atomic E-state index is 5.72. The number of halogens is 1. The number of hydrogen-bond acceptors (Lipinski definition) is 5. The van der Waals surface area contributed by atoms with Gasteiger partial charge < -0.3 is 14.8 Å². The molecular weight excluding hydrogens is 322 g/mol. The van der Waals surface area contributed by atoms with Gasteiger partial charge in [-0.15, -0.1) is 0 Å². The van der Waals surface area contributed by atoms with Gasteiger partial charge in [-0.25, -0.2) is 9.97 Å². The Morgan fingerprint density at radius 2 is 2.05 bits per heavy atom. The first kappa shape index (κ1) is 14.6. The van der Waals surface area contributed by atoms with Crippen molar-refractivity contribution in [3.63, 3.8) is 0 Å². The van der Waals surface area contributed by atoms with Crippen LogP contribution < -0.4 is 14.8 Å². The van der Waals surface area contributed by atoms with E-state index in [-0.39, 0.29) is 0 Å². The second-order valence-corrected chi connectivity index (χ2v) is 5.00. The standard InChI is InChI=1S/C14H16BrN3O2/c1-9-6-13(16-2)18-14(17-9)8-20-12-5-4-10(19-3)7-11(12)15/h4-7H,8H2,1-3H3,(H,16,17,18). The van der Waals surface area contributed by atoms with E-state index in [1.54, 1.807) is 7.11 Å². The highest BCUT2D eigenvalue weighted by Crippen LogP contribution is 2.29. The molecule has 6 heteroatoms. The Morgan fingerprint density at radius 1 is 1.25 bits per heavy atom. The fourth-order valence-electron chi connectivity index (χ4n) is 1.69. The Labute approximate surface area is 126 Å². The van der Waals surface area contributed by atoms with Crippen LogP contribution in [0.1, 0.15) is 11.5 Å². The van der Waals surface area contributed by atoms with Crippen molar-refractivity contribution in [1.82, 2.24) is 9.97 Å².